The second-order valence-electron chi connectivity index (χ2n) is 4.83. The van der Waals surface area contributed by atoms with Crippen LogP contribution in [0.3, 0.4) is 0 Å². The zero-order valence-corrected chi connectivity index (χ0v) is 11.1. The van der Waals surface area contributed by atoms with Crippen molar-refractivity contribution >= 4 is 0 Å². The summed E-state index contributed by atoms with van der Waals surface area (Å²) >= 11 is 0. The minimum atomic E-state index is 0.217. The van der Waals surface area contributed by atoms with Gasteiger partial charge >= 0.3 is 0 Å². The highest BCUT2D eigenvalue weighted by Crippen LogP contribution is 2.27. The third-order valence-corrected chi connectivity index (χ3v) is 3.18. The summed E-state index contributed by atoms with van der Waals surface area (Å²) in [5.74, 6) is 0.799. The Morgan fingerprint density at radius 3 is 3.06 bits per heavy atom. The van der Waals surface area contributed by atoms with Crippen LogP contribution in [0.15, 0.2) is 18.2 Å². The molecule has 1 saturated heterocycles. The molecule has 18 heavy (non-hydrogen) atoms. The number of nitrogens with zero attached hydrogens (tertiary/aromatic N) is 1. The van der Waals surface area contributed by atoms with E-state index in [2.05, 4.69) is 17.1 Å². The van der Waals surface area contributed by atoms with Gasteiger partial charge in [0.1, 0.15) is 0 Å². The molecule has 4 nitrogen and oxygen atoms in total. The molecule has 0 spiro atoms. The summed E-state index contributed by atoms with van der Waals surface area (Å²) in [6.07, 6.45) is 0. The maximum atomic E-state index is 9.67. The molecule has 1 aromatic rings. The minimum absolute atomic E-state index is 0.217. The first-order valence-corrected chi connectivity index (χ1v) is 6.59. The van der Waals surface area contributed by atoms with E-state index in [1.54, 1.807) is 6.07 Å². The molecular formula is C14H22N2O2. The van der Waals surface area contributed by atoms with Crippen molar-refractivity contribution in [1.29, 1.82) is 0 Å². The van der Waals surface area contributed by atoms with Crippen molar-refractivity contribution in [2.75, 3.05) is 26.2 Å². The summed E-state index contributed by atoms with van der Waals surface area (Å²) in [4.78, 5) is 2.42. The predicted molar refractivity (Wildman–Crippen MR) is 72.0 cm³/mol. The van der Waals surface area contributed by atoms with Crippen LogP contribution in [0.1, 0.15) is 19.4 Å². The monoisotopic (exact) mass is 250 g/mol. The zero-order chi connectivity index (χ0) is 13.0. The van der Waals surface area contributed by atoms with Gasteiger partial charge in [0.05, 0.1) is 6.61 Å². The molecule has 1 unspecified atom stereocenters. The number of phenols is 1. The molecular weight excluding hydrogens is 228 g/mol. The van der Waals surface area contributed by atoms with E-state index in [0.717, 1.165) is 26.2 Å². The van der Waals surface area contributed by atoms with Crippen LogP contribution in [-0.4, -0.2) is 42.3 Å². The third kappa shape index (κ3) is 3.37. The first kappa shape index (κ1) is 13.2. The average Bonchev–Trinajstić information content (AvgIpc) is 2.34. The summed E-state index contributed by atoms with van der Waals surface area (Å²) in [5.41, 5.74) is 1.19. The van der Waals surface area contributed by atoms with Gasteiger partial charge in [-0.2, -0.15) is 0 Å². The van der Waals surface area contributed by atoms with E-state index < -0.39 is 0 Å². The minimum Gasteiger partial charge on any atom is -0.504 e. The Balaban J connectivity index is 2.02. The summed E-state index contributed by atoms with van der Waals surface area (Å²) < 4.78 is 5.41. The Hall–Kier alpha value is -1.26. The molecule has 2 rings (SSSR count). The topological polar surface area (TPSA) is 44.7 Å². The molecule has 0 amide bonds. The van der Waals surface area contributed by atoms with E-state index in [-0.39, 0.29) is 5.75 Å². The summed E-state index contributed by atoms with van der Waals surface area (Å²) in [6.45, 7) is 8.77. The van der Waals surface area contributed by atoms with Gasteiger partial charge in [0.2, 0.25) is 0 Å². The van der Waals surface area contributed by atoms with Gasteiger partial charge in [-0.3, -0.25) is 4.90 Å². The quantitative estimate of drug-likeness (QED) is 0.851. The van der Waals surface area contributed by atoms with Crippen molar-refractivity contribution in [3.05, 3.63) is 23.8 Å². The number of hydrogen-bond donors (Lipinski definition) is 2. The van der Waals surface area contributed by atoms with Crippen LogP contribution in [0.2, 0.25) is 0 Å². The fourth-order valence-corrected chi connectivity index (χ4v) is 2.34. The van der Waals surface area contributed by atoms with E-state index >= 15 is 0 Å². The molecule has 0 bridgehead atoms. The predicted octanol–water partition coefficient (Wildman–Crippen LogP) is 1.58. The molecule has 1 fully saturated rings. The molecule has 0 aromatic heterocycles. The molecule has 0 saturated carbocycles. The van der Waals surface area contributed by atoms with E-state index in [0.29, 0.717) is 18.4 Å². The highest BCUT2D eigenvalue weighted by Gasteiger charge is 2.16. The molecule has 1 heterocycles. The van der Waals surface area contributed by atoms with Gasteiger partial charge < -0.3 is 15.2 Å². The number of nitrogens with one attached hydrogen (secondary N) is 1. The Kier molecular flexibility index (Phi) is 4.44. The summed E-state index contributed by atoms with van der Waals surface area (Å²) in [5, 5.41) is 13.1. The molecule has 100 valence electrons. The maximum absolute atomic E-state index is 9.67. The number of piperazine rings is 1. The van der Waals surface area contributed by atoms with Crippen LogP contribution >= 0.6 is 0 Å². The summed E-state index contributed by atoms with van der Waals surface area (Å²) in [6, 6.07) is 6.16. The van der Waals surface area contributed by atoms with Crippen LogP contribution in [0.5, 0.6) is 11.5 Å². The first-order valence-electron chi connectivity index (χ1n) is 6.59. The van der Waals surface area contributed by atoms with Gasteiger partial charge in [-0.25, -0.2) is 0 Å². The van der Waals surface area contributed by atoms with Gasteiger partial charge in [-0.05, 0) is 31.5 Å². The van der Waals surface area contributed by atoms with Crippen LogP contribution in [0, 0.1) is 0 Å². The number of benzene rings is 1. The fraction of sp³-hybridized carbons (Fsp3) is 0.571. The van der Waals surface area contributed by atoms with Gasteiger partial charge in [0.15, 0.2) is 11.5 Å². The van der Waals surface area contributed by atoms with Crippen molar-refractivity contribution in [3.63, 3.8) is 0 Å². The van der Waals surface area contributed by atoms with Crippen LogP contribution in [0.25, 0.3) is 0 Å². The number of phenolic OH excluding ortho intramolecular Hbond substituents is 1. The third-order valence-electron chi connectivity index (χ3n) is 3.18. The smallest absolute Gasteiger partial charge is 0.161 e. The molecule has 1 aliphatic rings. The van der Waals surface area contributed by atoms with Gasteiger partial charge in [-0.1, -0.05) is 6.07 Å². The molecule has 4 heteroatoms. The van der Waals surface area contributed by atoms with Gasteiger partial charge in [0, 0.05) is 32.2 Å². The maximum Gasteiger partial charge on any atom is 0.161 e. The Labute approximate surface area is 109 Å². The average molecular weight is 250 g/mol. The lowest BCUT2D eigenvalue weighted by atomic mass is 10.1. The number of rotatable bonds is 4. The molecule has 1 atom stereocenters. The largest absolute Gasteiger partial charge is 0.504 e. The van der Waals surface area contributed by atoms with E-state index in [4.69, 9.17) is 4.74 Å². The highest BCUT2D eigenvalue weighted by atomic mass is 16.5. The lowest BCUT2D eigenvalue weighted by Gasteiger charge is -2.31. The number of hydrogen-bond acceptors (Lipinski definition) is 4. The van der Waals surface area contributed by atoms with Crippen molar-refractivity contribution in [3.8, 4) is 11.5 Å². The molecule has 2 N–H and O–H groups in total. The molecule has 1 aromatic carbocycles. The number of ether oxygens (including phenoxy) is 1. The second kappa shape index (κ2) is 6.07. The van der Waals surface area contributed by atoms with Crippen molar-refractivity contribution in [2.45, 2.75) is 26.4 Å². The van der Waals surface area contributed by atoms with E-state index in [9.17, 15) is 5.11 Å². The SMILES string of the molecule is CCOc1cc(CN2CCNC(C)C2)ccc1O. The zero-order valence-electron chi connectivity index (χ0n) is 11.1. The van der Waals surface area contributed by atoms with Crippen molar-refractivity contribution in [2.24, 2.45) is 0 Å². The normalized spacial score (nSPS) is 20.9. The van der Waals surface area contributed by atoms with Gasteiger partial charge in [-0.15, -0.1) is 0 Å². The Morgan fingerprint density at radius 2 is 2.33 bits per heavy atom. The van der Waals surface area contributed by atoms with E-state index in [1.165, 1.54) is 5.56 Å². The molecule has 1 aliphatic heterocycles. The van der Waals surface area contributed by atoms with Crippen LogP contribution < -0.4 is 10.1 Å². The van der Waals surface area contributed by atoms with Crippen molar-refractivity contribution in [1.82, 2.24) is 10.2 Å². The van der Waals surface area contributed by atoms with Crippen LogP contribution in [0.4, 0.5) is 0 Å². The Morgan fingerprint density at radius 1 is 1.50 bits per heavy atom. The van der Waals surface area contributed by atoms with Crippen molar-refractivity contribution < 1.29 is 9.84 Å². The van der Waals surface area contributed by atoms with Gasteiger partial charge in [0.25, 0.3) is 0 Å². The molecule has 0 radical (unpaired) electrons. The lowest BCUT2D eigenvalue weighted by Crippen LogP contribution is -2.48. The fourth-order valence-electron chi connectivity index (χ4n) is 2.34. The number of aromatic hydroxyl groups is 1. The Bertz CT molecular complexity index is 395. The first-order chi connectivity index (χ1) is 8.69. The van der Waals surface area contributed by atoms with E-state index in [1.807, 2.05) is 19.1 Å². The standard InChI is InChI=1S/C14H22N2O2/c1-3-18-14-8-12(4-5-13(14)17)10-16-7-6-15-11(2)9-16/h4-5,8,11,15,17H,3,6-7,9-10H2,1-2H3. The second-order valence-corrected chi connectivity index (χ2v) is 4.83. The highest BCUT2D eigenvalue weighted by molar-refractivity contribution is 5.41. The van der Waals surface area contributed by atoms with Crippen LogP contribution in [-0.2, 0) is 6.54 Å². The summed E-state index contributed by atoms with van der Waals surface area (Å²) in [7, 11) is 0. The lowest BCUT2D eigenvalue weighted by molar-refractivity contribution is 0.199. The molecule has 0 aliphatic carbocycles.